The Hall–Kier alpha value is -0.430. The summed E-state index contributed by atoms with van der Waals surface area (Å²) in [4.78, 5) is 11.2. The van der Waals surface area contributed by atoms with Crippen LogP contribution in [-0.2, 0) is 19.0 Å². The Kier molecular flexibility index (Phi) is 24.6. The molecule has 1 unspecified atom stereocenters. The van der Waals surface area contributed by atoms with Gasteiger partial charge in [-0.1, -0.05) is 48.3 Å². The van der Waals surface area contributed by atoms with Crippen LogP contribution in [0.2, 0.25) is 0 Å². The lowest BCUT2D eigenvalue weighted by atomic mass is 10.3. The molecule has 0 rings (SSSR count). The topological polar surface area (TPSA) is 68.8 Å². The van der Waals surface area contributed by atoms with Gasteiger partial charge in [0.05, 0.1) is 39.6 Å². The maximum absolute atomic E-state index is 11.4. The van der Waals surface area contributed by atoms with E-state index in [2.05, 4.69) is 50.2 Å². The number of nitrogens with one attached hydrogen (secondary N) is 2. The zero-order chi connectivity index (χ0) is 23.1. The van der Waals surface area contributed by atoms with Crippen LogP contribution >= 0.6 is 21.6 Å². The highest BCUT2D eigenvalue weighted by Crippen LogP contribution is 2.36. The SMILES string of the molecule is CC.CC#CCNC(=O)CCOCCOCCOC(C)(C)SSCCNC(C)CC. The van der Waals surface area contributed by atoms with E-state index in [1.807, 2.05) is 24.6 Å². The van der Waals surface area contributed by atoms with E-state index in [4.69, 9.17) is 14.2 Å². The van der Waals surface area contributed by atoms with Crippen molar-refractivity contribution in [1.29, 1.82) is 0 Å². The van der Waals surface area contributed by atoms with Gasteiger partial charge in [-0.25, -0.2) is 0 Å². The van der Waals surface area contributed by atoms with Crippen LogP contribution in [0.25, 0.3) is 0 Å². The molecule has 0 saturated carbocycles. The lowest BCUT2D eigenvalue weighted by Gasteiger charge is -2.24. The van der Waals surface area contributed by atoms with Gasteiger partial charge in [0.25, 0.3) is 0 Å². The Balaban J connectivity index is 0. The zero-order valence-corrected chi connectivity index (χ0v) is 21.7. The summed E-state index contributed by atoms with van der Waals surface area (Å²) >= 11 is 0. The first-order valence-corrected chi connectivity index (χ1v) is 13.2. The van der Waals surface area contributed by atoms with E-state index in [0.717, 1.165) is 18.7 Å². The van der Waals surface area contributed by atoms with Gasteiger partial charge in [0.15, 0.2) is 0 Å². The predicted molar refractivity (Wildman–Crippen MR) is 132 cm³/mol. The molecule has 0 aromatic rings. The van der Waals surface area contributed by atoms with Gasteiger partial charge in [0.2, 0.25) is 5.91 Å². The minimum absolute atomic E-state index is 0.0506. The van der Waals surface area contributed by atoms with Gasteiger partial charge in [-0.2, -0.15) is 0 Å². The van der Waals surface area contributed by atoms with Crippen molar-refractivity contribution in [1.82, 2.24) is 10.6 Å². The summed E-state index contributed by atoms with van der Waals surface area (Å²) in [6.07, 6.45) is 1.49. The lowest BCUT2D eigenvalue weighted by molar-refractivity contribution is -0.122. The summed E-state index contributed by atoms with van der Waals surface area (Å²) in [6, 6.07) is 0.578. The first kappa shape index (κ1) is 31.8. The van der Waals surface area contributed by atoms with Gasteiger partial charge in [0, 0.05) is 24.8 Å². The third kappa shape index (κ3) is 23.8. The van der Waals surface area contributed by atoms with Crippen LogP contribution in [0.15, 0.2) is 0 Å². The number of amides is 1. The zero-order valence-electron chi connectivity index (χ0n) is 20.1. The fourth-order valence-corrected chi connectivity index (χ4v) is 4.05. The molecule has 0 fully saturated rings. The average Bonchev–Trinajstić information content (AvgIpc) is 2.73. The van der Waals surface area contributed by atoms with E-state index < -0.39 is 0 Å². The number of hydrogen-bond acceptors (Lipinski definition) is 7. The molecule has 6 nitrogen and oxygen atoms in total. The normalized spacial score (nSPS) is 11.7. The number of ether oxygens (including phenoxy) is 3. The summed E-state index contributed by atoms with van der Waals surface area (Å²) in [5.41, 5.74) is 0. The average molecular weight is 465 g/mol. The van der Waals surface area contributed by atoms with Gasteiger partial charge in [-0.15, -0.1) is 5.92 Å². The summed E-state index contributed by atoms with van der Waals surface area (Å²) in [5, 5.41) is 6.18. The standard InChI is InChI=1S/C20H38N2O4S2.C2H6/c1-6-8-10-22-19(23)9-12-24-13-14-25-15-16-26-20(4,5)28-27-17-11-21-18(3)7-2;1-2/h18,21H,7,9-17H2,1-5H3,(H,22,23);1-2H3. The molecule has 30 heavy (non-hydrogen) atoms. The monoisotopic (exact) mass is 464 g/mol. The van der Waals surface area contributed by atoms with E-state index >= 15 is 0 Å². The van der Waals surface area contributed by atoms with Crippen molar-refractivity contribution >= 4 is 27.5 Å². The molecule has 1 atom stereocenters. The number of rotatable bonds is 18. The Morgan fingerprint density at radius 3 is 2.37 bits per heavy atom. The van der Waals surface area contributed by atoms with E-state index in [1.54, 1.807) is 17.7 Å². The lowest BCUT2D eigenvalue weighted by Crippen LogP contribution is -2.27. The molecule has 0 radical (unpaired) electrons. The Bertz CT molecular complexity index is 454. The number of carbonyl (C=O) groups is 1. The third-order valence-corrected chi connectivity index (χ3v) is 6.69. The van der Waals surface area contributed by atoms with Crippen molar-refractivity contribution in [3.8, 4) is 11.8 Å². The molecule has 2 N–H and O–H groups in total. The van der Waals surface area contributed by atoms with Crippen LogP contribution in [0.4, 0.5) is 0 Å². The minimum Gasteiger partial charge on any atom is -0.379 e. The Morgan fingerprint density at radius 2 is 1.73 bits per heavy atom. The van der Waals surface area contributed by atoms with Crippen molar-refractivity contribution < 1.29 is 19.0 Å². The molecule has 0 aliphatic rings. The number of carbonyl (C=O) groups excluding carboxylic acids is 1. The first-order valence-electron chi connectivity index (χ1n) is 10.9. The van der Waals surface area contributed by atoms with Crippen molar-refractivity contribution in [3.05, 3.63) is 0 Å². The van der Waals surface area contributed by atoms with Gasteiger partial charge < -0.3 is 24.8 Å². The summed E-state index contributed by atoms with van der Waals surface area (Å²) in [5.74, 6) is 6.51. The van der Waals surface area contributed by atoms with Crippen LogP contribution in [0, 0.1) is 11.8 Å². The van der Waals surface area contributed by atoms with Crippen LogP contribution in [0.5, 0.6) is 0 Å². The maximum atomic E-state index is 11.4. The molecule has 0 aliphatic heterocycles. The molecule has 0 aromatic heterocycles. The highest BCUT2D eigenvalue weighted by molar-refractivity contribution is 8.77. The van der Waals surface area contributed by atoms with E-state index in [0.29, 0.717) is 52.0 Å². The molecule has 0 bridgehead atoms. The minimum atomic E-state index is -0.240. The van der Waals surface area contributed by atoms with Crippen LogP contribution in [-0.4, -0.2) is 68.8 Å². The molecule has 178 valence electrons. The second-order valence-electron chi connectivity index (χ2n) is 6.60. The molecular formula is C22H44N2O4S2. The van der Waals surface area contributed by atoms with Gasteiger partial charge in [-0.05, 0) is 34.1 Å². The van der Waals surface area contributed by atoms with Crippen LogP contribution < -0.4 is 10.6 Å². The molecule has 0 saturated heterocycles. The van der Waals surface area contributed by atoms with Crippen molar-refractivity contribution in [2.45, 2.75) is 72.3 Å². The highest BCUT2D eigenvalue weighted by Gasteiger charge is 2.19. The summed E-state index contributed by atoms with van der Waals surface area (Å²) < 4.78 is 16.8. The smallest absolute Gasteiger partial charge is 0.223 e. The van der Waals surface area contributed by atoms with E-state index in [9.17, 15) is 4.79 Å². The highest BCUT2D eigenvalue weighted by atomic mass is 33.1. The molecule has 0 aromatic carbocycles. The molecule has 0 aliphatic carbocycles. The third-order valence-electron chi connectivity index (χ3n) is 3.62. The van der Waals surface area contributed by atoms with Gasteiger partial charge in [-0.3, -0.25) is 4.79 Å². The molecule has 1 amide bonds. The summed E-state index contributed by atoms with van der Waals surface area (Å²) in [6.45, 7) is 18.1. The van der Waals surface area contributed by atoms with Crippen LogP contribution in [0.3, 0.4) is 0 Å². The Morgan fingerprint density at radius 1 is 1.10 bits per heavy atom. The van der Waals surface area contributed by atoms with Gasteiger partial charge >= 0.3 is 0 Å². The molecule has 8 heteroatoms. The summed E-state index contributed by atoms with van der Waals surface area (Å²) in [7, 11) is 3.58. The fourth-order valence-electron chi connectivity index (χ4n) is 1.85. The first-order chi connectivity index (χ1) is 14.4. The second kappa shape index (κ2) is 23.2. The quantitative estimate of drug-likeness (QED) is 0.137. The second-order valence-corrected chi connectivity index (χ2v) is 9.60. The fraction of sp³-hybridized carbons (Fsp3) is 0.864. The van der Waals surface area contributed by atoms with Gasteiger partial charge in [0.1, 0.15) is 4.93 Å². The van der Waals surface area contributed by atoms with Crippen molar-refractivity contribution in [2.75, 3.05) is 51.9 Å². The molecule has 0 heterocycles. The Labute approximate surface area is 193 Å². The predicted octanol–water partition coefficient (Wildman–Crippen LogP) is 4.10. The van der Waals surface area contributed by atoms with Crippen LogP contribution in [0.1, 0.15) is 61.3 Å². The van der Waals surface area contributed by atoms with E-state index in [-0.39, 0.29) is 10.8 Å². The van der Waals surface area contributed by atoms with Crippen molar-refractivity contribution in [2.24, 2.45) is 0 Å². The molecular weight excluding hydrogens is 420 g/mol. The largest absolute Gasteiger partial charge is 0.379 e. The number of hydrogen-bond donors (Lipinski definition) is 2. The maximum Gasteiger partial charge on any atom is 0.223 e. The van der Waals surface area contributed by atoms with Crippen molar-refractivity contribution in [3.63, 3.8) is 0 Å². The molecule has 0 spiro atoms. The van der Waals surface area contributed by atoms with E-state index in [1.165, 1.54) is 0 Å².